The van der Waals surface area contributed by atoms with Crippen molar-refractivity contribution in [3.8, 4) is 0 Å². The van der Waals surface area contributed by atoms with E-state index < -0.39 is 26.7 Å². The number of carbonyl (C=O) groups is 1. The fraction of sp³-hybridized carbons (Fsp3) is 0.278. The van der Waals surface area contributed by atoms with Gasteiger partial charge in [0.15, 0.2) is 0 Å². The summed E-state index contributed by atoms with van der Waals surface area (Å²) in [5.74, 6) is -0.386. The summed E-state index contributed by atoms with van der Waals surface area (Å²) < 4.78 is 65.3. The summed E-state index contributed by atoms with van der Waals surface area (Å²) in [6.07, 6.45) is -4.46. The fourth-order valence-corrected chi connectivity index (χ4v) is 4.09. The highest BCUT2D eigenvalue weighted by molar-refractivity contribution is 7.89. The normalized spacial score (nSPS) is 18.1. The second kappa shape index (κ2) is 7.32. The molecule has 1 unspecified atom stereocenters. The topological polar surface area (TPSA) is 66.5 Å². The molecule has 1 aliphatic rings. The lowest BCUT2D eigenvalue weighted by molar-refractivity contribution is -0.137. The number of nitrogens with zero attached hydrogens (tertiary/aromatic N) is 1. The van der Waals surface area contributed by atoms with Gasteiger partial charge in [-0.2, -0.15) is 13.2 Å². The first-order chi connectivity index (χ1) is 12.7. The molecule has 144 valence electrons. The van der Waals surface area contributed by atoms with E-state index in [1.165, 1.54) is 0 Å². The molecule has 2 aromatic carbocycles. The van der Waals surface area contributed by atoms with Crippen molar-refractivity contribution in [1.82, 2.24) is 4.72 Å². The van der Waals surface area contributed by atoms with Crippen LogP contribution in [0.5, 0.6) is 0 Å². The Morgan fingerprint density at radius 2 is 1.78 bits per heavy atom. The molecule has 0 saturated carbocycles. The summed E-state index contributed by atoms with van der Waals surface area (Å²) in [4.78, 5) is 13.3. The zero-order valence-corrected chi connectivity index (χ0v) is 14.9. The van der Waals surface area contributed by atoms with Crippen molar-refractivity contribution < 1.29 is 26.4 Å². The summed E-state index contributed by atoms with van der Waals surface area (Å²) in [5, 5.41) is 0. The number of sulfonamides is 1. The van der Waals surface area contributed by atoms with Crippen LogP contribution in [0.15, 0.2) is 59.5 Å². The van der Waals surface area contributed by atoms with E-state index in [0.29, 0.717) is 12.6 Å². The van der Waals surface area contributed by atoms with E-state index in [0.717, 1.165) is 23.9 Å². The second-order valence-corrected chi connectivity index (χ2v) is 8.05. The number of para-hydroxylation sites is 1. The maximum Gasteiger partial charge on any atom is 0.416 e. The third-order valence-corrected chi connectivity index (χ3v) is 5.73. The van der Waals surface area contributed by atoms with Gasteiger partial charge in [0, 0.05) is 25.2 Å². The lowest BCUT2D eigenvalue weighted by Gasteiger charge is -2.17. The Labute approximate surface area is 154 Å². The third-order valence-electron chi connectivity index (χ3n) is 4.31. The highest BCUT2D eigenvalue weighted by atomic mass is 32.2. The number of hydrogen-bond acceptors (Lipinski definition) is 3. The first kappa shape index (κ1) is 19.4. The van der Waals surface area contributed by atoms with Crippen molar-refractivity contribution in [3.05, 3.63) is 60.2 Å². The van der Waals surface area contributed by atoms with Crippen molar-refractivity contribution in [3.63, 3.8) is 0 Å². The van der Waals surface area contributed by atoms with E-state index in [9.17, 15) is 26.4 Å². The SMILES string of the molecule is O=C1CC(CNS(=O)(=O)c2cccc(C(F)(F)F)c2)CN1c1ccccc1. The second-order valence-electron chi connectivity index (χ2n) is 6.29. The molecule has 5 nitrogen and oxygen atoms in total. The van der Waals surface area contributed by atoms with Crippen molar-refractivity contribution in [2.75, 3.05) is 18.0 Å². The van der Waals surface area contributed by atoms with E-state index in [2.05, 4.69) is 4.72 Å². The first-order valence-electron chi connectivity index (χ1n) is 8.19. The maximum absolute atomic E-state index is 12.8. The molecule has 0 spiro atoms. The Hall–Kier alpha value is -2.39. The lowest BCUT2D eigenvalue weighted by Crippen LogP contribution is -2.31. The number of halogens is 3. The fourth-order valence-electron chi connectivity index (χ4n) is 2.93. The molecule has 0 aromatic heterocycles. The van der Waals surface area contributed by atoms with E-state index in [1.54, 1.807) is 29.2 Å². The van der Waals surface area contributed by atoms with Gasteiger partial charge in [0.05, 0.1) is 10.5 Å². The molecule has 3 rings (SSSR count). The molecular formula is C18H17F3N2O3S. The van der Waals surface area contributed by atoms with Crippen LogP contribution in [-0.4, -0.2) is 27.4 Å². The molecule has 1 saturated heterocycles. The predicted molar refractivity (Wildman–Crippen MR) is 93.5 cm³/mol. The molecule has 2 aromatic rings. The van der Waals surface area contributed by atoms with Gasteiger partial charge >= 0.3 is 6.18 Å². The van der Waals surface area contributed by atoms with Gasteiger partial charge in [0.1, 0.15) is 0 Å². The monoisotopic (exact) mass is 398 g/mol. The molecule has 27 heavy (non-hydrogen) atoms. The van der Waals surface area contributed by atoms with Crippen molar-refractivity contribution >= 4 is 21.6 Å². The maximum atomic E-state index is 12.8. The van der Waals surface area contributed by atoms with Gasteiger partial charge in [0.2, 0.25) is 15.9 Å². The van der Waals surface area contributed by atoms with Gasteiger partial charge in [-0.1, -0.05) is 24.3 Å². The van der Waals surface area contributed by atoms with Crippen LogP contribution < -0.4 is 9.62 Å². The molecule has 1 aliphatic heterocycles. The Morgan fingerprint density at radius 3 is 2.44 bits per heavy atom. The number of rotatable bonds is 5. The summed E-state index contributed by atoms with van der Waals surface area (Å²) in [6.45, 7) is 0.307. The molecule has 1 amide bonds. The van der Waals surface area contributed by atoms with Crippen LogP contribution in [0.4, 0.5) is 18.9 Å². The van der Waals surface area contributed by atoms with E-state index in [1.807, 2.05) is 6.07 Å². The molecule has 1 N–H and O–H groups in total. The van der Waals surface area contributed by atoms with Crippen LogP contribution in [0.25, 0.3) is 0 Å². The third kappa shape index (κ3) is 4.48. The summed E-state index contributed by atoms with van der Waals surface area (Å²) in [5.41, 5.74) is -0.303. The average Bonchev–Trinajstić information content (AvgIpc) is 3.01. The Balaban J connectivity index is 1.67. The summed E-state index contributed by atoms with van der Waals surface area (Å²) in [6, 6.07) is 12.6. The molecule has 1 heterocycles. The number of anilines is 1. The molecule has 0 radical (unpaired) electrons. The standard InChI is InChI=1S/C18H17F3N2O3S/c19-18(20,21)14-5-4-8-16(10-14)27(25,26)22-11-13-9-17(24)23(12-13)15-6-2-1-3-7-15/h1-8,10,13,22H,9,11-12H2. The number of nitrogens with one attached hydrogen (secondary N) is 1. The minimum atomic E-state index is -4.63. The molecule has 1 atom stereocenters. The van der Waals surface area contributed by atoms with E-state index >= 15 is 0 Å². The highest BCUT2D eigenvalue weighted by Crippen LogP contribution is 2.30. The van der Waals surface area contributed by atoms with Gasteiger partial charge < -0.3 is 4.90 Å². The van der Waals surface area contributed by atoms with Crippen molar-refractivity contribution in [2.45, 2.75) is 17.5 Å². The number of amides is 1. The first-order valence-corrected chi connectivity index (χ1v) is 9.67. The van der Waals surface area contributed by atoms with Crippen LogP contribution in [0.1, 0.15) is 12.0 Å². The summed E-state index contributed by atoms with van der Waals surface area (Å²) >= 11 is 0. The van der Waals surface area contributed by atoms with Crippen LogP contribution >= 0.6 is 0 Å². The van der Waals surface area contributed by atoms with Gasteiger partial charge in [-0.05, 0) is 36.2 Å². The number of alkyl halides is 3. The van der Waals surface area contributed by atoms with Gasteiger partial charge in [-0.25, -0.2) is 13.1 Å². The lowest BCUT2D eigenvalue weighted by atomic mass is 10.1. The molecule has 0 bridgehead atoms. The van der Waals surface area contributed by atoms with Crippen LogP contribution in [-0.2, 0) is 21.0 Å². The van der Waals surface area contributed by atoms with Crippen molar-refractivity contribution in [2.24, 2.45) is 5.92 Å². The molecule has 0 aliphatic carbocycles. The average molecular weight is 398 g/mol. The van der Waals surface area contributed by atoms with Crippen molar-refractivity contribution in [1.29, 1.82) is 0 Å². The molecule has 1 fully saturated rings. The van der Waals surface area contributed by atoms with Crippen LogP contribution in [0.3, 0.4) is 0 Å². The smallest absolute Gasteiger partial charge is 0.312 e. The quantitative estimate of drug-likeness (QED) is 0.842. The van der Waals surface area contributed by atoms with Crippen LogP contribution in [0, 0.1) is 5.92 Å². The minimum Gasteiger partial charge on any atom is -0.312 e. The number of carbonyl (C=O) groups excluding carboxylic acids is 1. The zero-order chi connectivity index (χ0) is 19.7. The number of benzene rings is 2. The predicted octanol–water partition coefficient (Wildman–Crippen LogP) is 3.04. The molecule has 9 heteroatoms. The Kier molecular flexibility index (Phi) is 5.25. The van der Waals surface area contributed by atoms with Gasteiger partial charge in [-0.3, -0.25) is 4.79 Å². The largest absolute Gasteiger partial charge is 0.416 e. The highest BCUT2D eigenvalue weighted by Gasteiger charge is 2.33. The van der Waals surface area contributed by atoms with Gasteiger partial charge in [-0.15, -0.1) is 0 Å². The van der Waals surface area contributed by atoms with Crippen LogP contribution in [0.2, 0.25) is 0 Å². The van der Waals surface area contributed by atoms with E-state index in [-0.39, 0.29) is 24.8 Å². The van der Waals surface area contributed by atoms with Gasteiger partial charge in [0.25, 0.3) is 0 Å². The minimum absolute atomic E-state index is 0.0341. The summed E-state index contributed by atoms with van der Waals surface area (Å²) in [7, 11) is -4.11. The number of hydrogen-bond donors (Lipinski definition) is 1. The molecular weight excluding hydrogens is 381 g/mol. The van der Waals surface area contributed by atoms with E-state index in [4.69, 9.17) is 0 Å². The Morgan fingerprint density at radius 1 is 1.07 bits per heavy atom. The Bertz CT molecular complexity index is 930. The zero-order valence-electron chi connectivity index (χ0n) is 14.1.